The van der Waals surface area contributed by atoms with Gasteiger partial charge >= 0.3 is 0 Å². The lowest BCUT2D eigenvalue weighted by Crippen LogP contribution is -1.91. The van der Waals surface area contributed by atoms with Gasteiger partial charge in [0.2, 0.25) is 11.1 Å². The molecule has 0 aliphatic rings. The first-order chi connectivity index (χ1) is 11.4. The Kier molecular flexibility index (Phi) is 3.65. The monoisotopic (exact) mass is 319 g/mol. The predicted molar refractivity (Wildman–Crippen MR) is 92.0 cm³/mol. The van der Waals surface area contributed by atoms with Gasteiger partial charge in [-0.3, -0.25) is 4.98 Å². The van der Waals surface area contributed by atoms with Crippen molar-refractivity contribution >= 4 is 34.3 Å². The second-order valence-electron chi connectivity index (χ2n) is 4.89. The van der Waals surface area contributed by atoms with Crippen molar-refractivity contribution in [2.24, 2.45) is 0 Å². The summed E-state index contributed by atoms with van der Waals surface area (Å²) in [6.45, 7) is 0. The van der Waals surface area contributed by atoms with Crippen molar-refractivity contribution < 1.29 is 0 Å². The van der Waals surface area contributed by atoms with E-state index in [4.69, 9.17) is 0 Å². The molecule has 0 radical (unpaired) electrons. The molecule has 0 saturated heterocycles. The lowest BCUT2D eigenvalue weighted by molar-refractivity contribution is 0.974. The zero-order valence-electron chi connectivity index (χ0n) is 12.1. The van der Waals surface area contributed by atoms with E-state index in [1.165, 1.54) is 11.8 Å². The zero-order chi connectivity index (χ0) is 15.5. The molecule has 0 spiro atoms. The normalized spacial score (nSPS) is 10.8. The van der Waals surface area contributed by atoms with Crippen LogP contribution in [0.2, 0.25) is 0 Å². The largest absolute Gasteiger partial charge is 0.325 e. The van der Waals surface area contributed by atoms with E-state index in [1.54, 1.807) is 6.20 Å². The minimum Gasteiger partial charge on any atom is -0.325 e. The van der Waals surface area contributed by atoms with E-state index in [0.29, 0.717) is 11.1 Å². The van der Waals surface area contributed by atoms with Gasteiger partial charge in [0.1, 0.15) is 0 Å². The molecular weight excluding hydrogens is 306 g/mol. The van der Waals surface area contributed by atoms with Crippen LogP contribution in [0.1, 0.15) is 0 Å². The number of hydrogen-bond acceptors (Lipinski definition) is 5. The third kappa shape index (κ3) is 3.02. The number of anilines is 2. The highest BCUT2D eigenvalue weighted by molar-refractivity contribution is 7.99. The van der Waals surface area contributed by atoms with Gasteiger partial charge in [-0.15, -0.1) is 5.10 Å². The Morgan fingerprint density at radius 2 is 1.78 bits per heavy atom. The topological polar surface area (TPSA) is 66.5 Å². The smallest absolute Gasteiger partial charge is 0.223 e. The van der Waals surface area contributed by atoms with Crippen molar-refractivity contribution in [1.29, 1.82) is 0 Å². The van der Waals surface area contributed by atoms with Crippen LogP contribution in [0.15, 0.2) is 76.9 Å². The number of para-hydroxylation sites is 2. The number of aromatic nitrogens is 4. The molecule has 5 nitrogen and oxygen atoms in total. The summed E-state index contributed by atoms with van der Waals surface area (Å²) < 4.78 is 0. The number of benzene rings is 2. The Morgan fingerprint density at radius 3 is 2.70 bits per heavy atom. The fourth-order valence-electron chi connectivity index (χ4n) is 2.26. The van der Waals surface area contributed by atoms with Gasteiger partial charge in [-0.25, -0.2) is 5.10 Å². The molecule has 23 heavy (non-hydrogen) atoms. The molecule has 0 atom stereocenters. The Morgan fingerprint density at radius 1 is 0.913 bits per heavy atom. The maximum Gasteiger partial charge on any atom is 0.223 e. The molecule has 2 aromatic carbocycles. The van der Waals surface area contributed by atoms with Crippen molar-refractivity contribution in [1.82, 2.24) is 20.2 Å². The molecule has 4 rings (SSSR count). The number of hydrogen-bond donors (Lipinski definition) is 2. The van der Waals surface area contributed by atoms with Gasteiger partial charge in [-0.2, -0.15) is 4.98 Å². The van der Waals surface area contributed by atoms with Crippen LogP contribution in [0.3, 0.4) is 0 Å². The summed E-state index contributed by atoms with van der Waals surface area (Å²) in [7, 11) is 0. The van der Waals surface area contributed by atoms with E-state index in [-0.39, 0.29) is 0 Å². The summed E-state index contributed by atoms with van der Waals surface area (Å²) in [5.41, 5.74) is 1.93. The SMILES string of the molecule is c1ccc(Nc2nc(Sc3cccc4cccnc34)n[nH]2)cc1. The summed E-state index contributed by atoms with van der Waals surface area (Å²) in [5, 5.41) is 12.1. The van der Waals surface area contributed by atoms with Crippen LogP contribution in [-0.2, 0) is 0 Å². The lowest BCUT2D eigenvalue weighted by atomic mass is 10.2. The molecule has 2 N–H and O–H groups in total. The van der Waals surface area contributed by atoms with Crippen LogP contribution in [0, 0.1) is 0 Å². The third-order valence-corrected chi connectivity index (χ3v) is 4.21. The molecule has 112 valence electrons. The van der Waals surface area contributed by atoms with Gasteiger partial charge in [0.05, 0.1) is 5.52 Å². The maximum absolute atomic E-state index is 4.47. The van der Waals surface area contributed by atoms with Crippen LogP contribution in [0.5, 0.6) is 0 Å². The molecule has 4 aromatic rings. The number of nitrogens with zero attached hydrogens (tertiary/aromatic N) is 3. The maximum atomic E-state index is 4.47. The third-order valence-electron chi connectivity index (χ3n) is 3.30. The molecule has 0 aliphatic carbocycles. The molecule has 0 unspecified atom stereocenters. The van der Waals surface area contributed by atoms with Gasteiger partial charge in [-0.05, 0) is 36.0 Å². The second kappa shape index (κ2) is 6.10. The lowest BCUT2D eigenvalue weighted by Gasteiger charge is -2.02. The van der Waals surface area contributed by atoms with Gasteiger partial charge < -0.3 is 5.32 Å². The van der Waals surface area contributed by atoms with Crippen molar-refractivity contribution in [3.63, 3.8) is 0 Å². The summed E-state index contributed by atoms with van der Waals surface area (Å²) in [6.07, 6.45) is 1.80. The first-order valence-corrected chi connectivity index (χ1v) is 7.96. The average Bonchev–Trinajstić information content (AvgIpc) is 3.03. The summed E-state index contributed by atoms with van der Waals surface area (Å²) >= 11 is 1.49. The van der Waals surface area contributed by atoms with Gasteiger partial charge in [-0.1, -0.05) is 36.4 Å². The molecular formula is C17H13N5S. The van der Waals surface area contributed by atoms with Gasteiger partial charge in [0.15, 0.2) is 0 Å². The molecule has 6 heteroatoms. The van der Waals surface area contributed by atoms with Crippen LogP contribution < -0.4 is 5.32 Å². The van der Waals surface area contributed by atoms with E-state index >= 15 is 0 Å². The van der Waals surface area contributed by atoms with Crippen molar-refractivity contribution in [3.8, 4) is 0 Å². The zero-order valence-corrected chi connectivity index (χ0v) is 12.9. The molecule has 0 bridgehead atoms. The van der Waals surface area contributed by atoms with E-state index in [2.05, 4.69) is 25.5 Å². The Labute approximate surface area is 137 Å². The highest BCUT2D eigenvalue weighted by Gasteiger charge is 2.08. The molecule has 2 aromatic heterocycles. The van der Waals surface area contributed by atoms with Crippen molar-refractivity contribution in [3.05, 3.63) is 66.9 Å². The Bertz CT molecular complexity index is 931. The fraction of sp³-hybridized carbons (Fsp3) is 0. The van der Waals surface area contributed by atoms with Crippen molar-refractivity contribution in [2.75, 3.05) is 5.32 Å². The number of rotatable bonds is 4. The summed E-state index contributed by atoms with van der Waals surface area (Å²) in [6, 6.07) is 19.9. The first-order valence-electron chi connectivity index (χ1n) is 7.14. The number of H-pyrrole nitrogens is 1. The number of nitrogens with one attached hydrogen (secondary N) is 2. The molecule has 0 amide bonds. The minimum atomic E-state index is 0.617. The van der Waals surface area contributed by atoms with Crippen LogP contribution >= 0.6 is 11.8 Å². The Hall–Kier alpha value is -2.86. The predicted octanol–water partition coefficient (Wildman–Crippen LogP) is 4.25. The average molecular weight is 319 g/mol. The highest BCUT2D eigenvalue weighted by Crippen LogP contribution is 2.30. The van der Waals surface area contributed by atoms with E-state index < -0.39 is 0 Å². The fourth-order valence-corrected chi connectivity index (χ4v) is 3.10. The molecule has 0 aliphatic heterocycles. The number of pyridine rings is 1. The van der Waals surface area contributed by atoms with Crippen LogP contribution in [0.25, 0.3) is 10.9 Å². The first kappa shape index (κ1) is 13.8. The number of aromatic amines is 1. The van der Waals surface area contributed by atoms with E-state index in [0.717, 1.165) is 21.5 Å². The molecule has 0 fully saturated rings. The molecule has 0 saturated carbocycles. The van der Waals surface area contributed by atoms with E-state index in [9.17, 15) is 0 Å². The number of fused-ring (bicyclic) bond motifs is 1. The minimum absolute atomic E-state index is 0.617. The molecule has 2 heterocycles. The summed E-state index contributed by atoms with van der Waals surface area (Å²) in [4.78, 5) is 9.95. The van der Waals surface area contributed by atoms with Crippen LogP contribution in [-0.4, -0.2) is 20.2 Å². The highest BCUT2D eigenvalue weighted by atomic mass is 32.2. The van der Waals surface area contributed by atoms with Crippen LogP contribution in [0.4, 0.5) is 11.6 Å². The van der Waals surface area contributed by atoms with Crippen molar-refractivity contribution in [2.45, 2.75) is 10.1 Å². The summed E-state index contributed by atoms with van der Waals surface area (Å²) in [5.74, 6) is 0.617. The van der Waals surface area contributed by atoms with Gasteiger partial charge in [0, 0.05) is 22.2 Å². The second-order valence-corrected chi connectivity index (χ2v) is 5.90. The quantitative estimate of drug-likeness (QED) is 0.589. The van der Waals surface area contributed by atoms with E-state index in [1.807, 2.05) is 60.7 Å². The van der Waals surface area contributed by atoms with Gasteiger partial charge in [0.25, 0.3) is 0 Å². The Balaban J connectivity index is 1.57. The standard InChI is InChI=1S/C17H13N5S/c1-2-8-13(9-3-1)19-16-20-17(22-21-16)23-14-10-4-6-12-7-5-11-18-15(12)14/h1-11H,(H2,19,20,21,22).